The van der Waals surface area contributed by atoms with Crippen LogP contribution in [-0.2, 0) is 9.59 Å². The van der Waals surface area contributed by atoms with E-state index in [-0.39, 0.29) is 17.6 Å². The molecule has 0 radical (unpaired) electrons. The van der Waals surface area contributed by atoms with Crippen molar-refractivity contribution >= 4 is 23.6 Å². The van der Waals surface area contributed by atoms with Crippen LogP contribution in [0.5, 0.6) is 0 Å². The molecule has 1 aromatic heterocycles. The van der Waals surface area contributed by atoms with Crippen molar-refractivity contribution in [2.45, 2.75) is 25.0 Å². The summed E-state index contributed by atoms with van der Waals surface area (Å²) in [4.78, 5) is 25.8. The van der Waals surface area contributed by atoms with E-state index in [4.69, 9.17) is 0 Å². The first kappa shape index (κ1) is 21.6. The largest absolute Gasteiger partial charge is 0.347 e. The molecule has 1 heterocycles. The van der Waals surface area contributed by atoms with Gasteiger partial charge in [-0.2, -0.15) is 0 Å². The summed E-state index contributed by atoms with van der Waals surface area (Å²) in [5.74, 6) is 0.457. The van der Waals surface area contributed by atoms with Gasteiger partial charge in [0.25, 0.3) is 0 Å². The monoisotopic (exact) mass is 423 g/mol. The SMILES string of the molecule is Cc1cccc(-c2nnc(SCC(=O)NC(C)C(=O)N(C)C)n2-c2ccccc2)c1. The second-order valence-corrected chi connectivity index (χ2v) is 8.10. The number of aryl methyl sites for hydroxylation is 1. The minimum Gasteiger partial charge on any atom is -0.347 e. The first-order valence-corrected chi connectivity index (χ1v) is 10.6. The van der Waals surface area contributed by atoms with Crippen LogP contribution in [0.2, 0.25) is 0 Å². The second-order valence-electron chi connectivity index (χ2n) is 7.16. The fourth-order valence-corrected chi connectivity index (χ4v) is 3.77. The summed E-state index contributed by atoms with van der Waals surface area (Å²) >= 11 is 1.28. The zero-order valence-electron chi connectivity index (χ0n) is 17.5. The van der Waals surface area contributed by atoms with Crippen molar-refractivity contribution in [2.24, 2.45) is 0 Å². The van der Waals surface area contributed by atoms with Gasteiger partial charge in [0.15, 0.2) is 11.0 Å². The highest BCUT2D eigenvalue weighted by Gasteiger charge is 2.20. The van der Waals surface area contributed by atoms with Crippen molar-refractivity contribution < 1.29 is 9.59 Å². The summed E-state index contributed by atoms with van der Waals surface area (Å²) < 4.78 is 1.95. The minimum absolute atomic E-state index is 0.129. The average molecular weight is 424 g/mol. The summed E-state index contributed by atoms with van der Waals surface area (Å²) in [6.07, 6.45) is 0. The summed E-state index contributed by atoms with van der Waals surface area (Å²) in [7, 11) is 3.32. The van der Waals surface area contributed by atoms with E-state index < -0.39 is 6.04 Å². The molecule has 1 unspecified atom stereocenters. The van der Waals surface area contributed by atoms with Crippen LogP contribution in [0.15, 0.2) is 59.8 Å². The molecule has 1 atom stereocenters. The molecule has 2 aromatic carbocycles. The van der Waals surface area contributed by atoms with Crippen LogP contribution >= 0.6 is 11.8 Å². The van der Waals surface area contributed by atoms with Crippen LogP contribution in [0.4, 0.5) is 0 Å². The molecule has 0 fully saturated rings. The Morgan fingerprint density at radius 1 is 1.10 bits per heavy atom. The van der Waals surface area contributed by atoms with Crippen molar-refractivity contribution in [3.8, 4) is 17.1 Å². The van der Waals surface area contributed by atoms with Crippen molar-refractivity contribution in [3.05, 3.63) is 60.2 Å². The van der Waals surface area contributed by atoms with Gasteiger partial charge in [0.1, 0.15) is 6.04 Å². The molecule has 0 saturated carbocycles. The number of rotatable bonds is 7. The number of likely N-dealkylation sites (N-methyl/N-ethyl adjacent to an activating group) is 1. The quantitative estimate of drug-likeness (QED) is 0.591. The number of amides is 2. The van der Waals surface area contributed by atoms with Gasteiger partial charge in [-0.3, -0.25) is 14.2 Å². The molecule has 0 saturated heterocycles. The lowest BCUT2D eigenvalue weighted by Gasteiger charge is -2.17. The number of para-hydroxylation sites is 1. The van der Waals surface area contributed by atoms with Crippen LogP contribution < -0.4 is 5.32 Å². The molecule has 0 aliphatic heterocycles. The van der Waals surface area contributed by atoms with Crippen molar-refractivity contribution in [1.29, 1.82) is 0 Å². The number of hydrogen-bond donors (Lipinski definition) is 1. The van der Waals surface area contributed by atoms with Gasteiger partial charge in [-0.25, -0.2) is 0 Å². The Bertz CT molecular complexity index is 1030. The van der Waals surface area contributed by atoms with E-state index in [2.05, 4.69) is 21.6 Å². The molecule has 156 valence electrons. The summed E-state index contributed by atoms with van der Waals surface area (Å²) in [5, 5.41) is 12.1. The lowest BCUT2D eigenvalue weighted by molar-refractivity contribution is -0.133. The molecule has 0 spiro atoms. The van der Waals surface area contributed by atoms with E-state index in [9.17, 15) is 9.59 Å². The maximum absolute atomic E-state index is 12.4. The van der Waals surface area contributed by atoms with E-state index in [1.54, 1.807) is 21.0 Å². The predicted molar refractivity (Wildman–Crippen MR) is 119 cm³/mol. The Morgan fingerprint density at radius 2 is 1.83 bits per heavy atom. The Morgan fingerprint density at radius 3 is 2.50 bits per heavy atom. The van der Waals surface area contributed by atoms with Crippen molar-refractivity contribution in [3.63, 3.8) is 0 Å². The van der Waals surface area contributed by atoms with Crippen LogP contribution in [-0.4, -0.2) is 57.4 Å². The lowest BCUT2D eigenvalue weighted by atomic mass is 10.1. The standard InChI is InChI=1S/C22H25N5O2S/c1-15-9-8-10-17(13-15)20-24-25-22(27(20)18-11-6-5-7-12-18)30-14-19(28)23-16(2)21(29)26(3)4/h5-13,16H,14H2,1-4H3,(H,23,28). The molecule has 8 heteroatoms. The first-order valence-electron chi connectivity index (χ1n) is 9.58. The topological polar surface area (TPSA) is 80.1 Å². The highest BCUT2D eigenvalue weighted by molar-refractivity contribution is 7.99. The number of aromatic nitrogens is 3. The third-order valence-electron chi connectivity index (χ3n) is 4.45. The van der Waals surface area contributed by atoms with Gasteiger partial charge in [-0.1, -0.05) is 53.7 Å². The number of nitrogens with zero attached hydrogens (tertiary/aromatic N) is 4. The van der Waals surface area contributed by atoms with Gasteiger partial charge in [-0.05, 0) is 32.0 Å². The van der Waals surface area contributed by atoms with E-state index >= 15 is 0 Å². The molecule has 30 heavy (non-hydrogen) atoms. The molecular weight excluding hydrogens is 398 g/mol. The maximum atomic E-state index is 12.4. The molecule has 3 aromatic rings. The summed E-state index contributed by atoms with van der Waals surface area (Å²) in [5.41, 5.74) is 2.99. The number of carbonyl (C=O) groups excluding carboxylic acids is 2. The van der Waals surface area contributed by atoms with Crippen LogP contribution in [0.3, 0.4) is 0 Å². The third kappa shape index (κ3) is 5.07. The molecule has 3 rings (SSSR count). The van der Waals surface area contributed by atoms with Crippen LogP contribution in [0.25, 0.3) is 17.1 Å². The van der Waals surface area contributed by atoms with E-state index in [1.807, 2.05) is 60.0 Å². The molecule has 0 bridgehead atoms. The highest BCUT2D eigenvalue weighted by Crippen LogP contribution is 2.28. The van der Waals surface area contributed by atoms with Gasteiger partial charge in [-0.15, -0.1) is 10.2 Å². The van der Waals surface area contributed by atoms with Gasteiger partial charge in [0.2, 0.25) is 11.8 Å². The number of carbonyl (C=O) groups is 2. The Labute approximate surface area is 180 Å². The fraction of sp³-hybridized carbons (Fsp3) is 0.273. The second kappa shape index (κ2) is 9.58. The van der Waals surface area contributed by atoms with Crippen LogP contribution in [0.1, 0.15) is 12.5 Å². The van der Waals surface area contributed by atoms with Crippen molar-refractivity contribution in [2.75, 3.05) is 19.8 Å². The van der Waals surface area contributed by atoms with Gasteiger partial charge in [0, 0.05) is 25.3 Å². The normalized spacial score (nSPS) is 11.7. The highest BCUT2D eigenvalue weighted by atomic mass is 32.2. The van der Waals surface area contributed by atoms with E-state index in [0.29, 0.717) is 11.0 Å². The molecule has 7 nitrogen and oxygen atoms in total. The van der Waals surface area contributed by atoms with Crippen molar-refractivity contribution in [1.82, 2.24) is 25.0 Å². The summed E-state index contributed by atoms with van der Waals surface area (Å²) in [6, 6.07) is 17.3. The minimum atomic E-state index is -0.581. The molecule has 0 aliphatic rings. The third-order valence-corrected chi connectivity index (χ3v) is 5.37. The smallest absolute Gasteiger partial charge is 0.244 e. The zero-order chi connectivity index (χ0) is 21.7. The molecule has 2 amide bonds. The molecular formula is C22H25N5O2S. The molecule has 1 N–H and O–H groups in total. The lowest BCUT2D eigenvalue weighted by Crippen LogP contribution is -2.44. The molecule has 0 aliphatic carbocycles. The Balaban J connectivity index is 1.83. The summed E-state index contributed by atoms with van der Waals surface area (Å²) in [6.45, 7) is 3.70. The number of nitrogens with one attached hydrogen (secondary N) is 1. The fourth-order valence-electron chi connectivity index (χ4n) is 3.01. The Hall–Kier alpha value is -3.13. The van der Waals surface area contributed by atoms with Gasteiger partial charge < -0.3 is 10.2 Å². The zero-order valence-corrected chi connectivity index (χ0v) is 18.3. The van der Waals surface area contributed by atoms with Gasteiger partial charge >= 0.3 is 0 Å². The Kier molecular flexibility index (Phi) is 6.89. The van der Waals surface area contributed by atoms with E-state index in [0.717, 1.165) is 16.8 Å². The first-order chi connectivity index (χ1) is 14.4. The number of thioether (sulfide) groups is 1. The van der Waals surface area contributed by atoms with E-state index in [1.165, 1.54) is 16.7 Å². The predicted octanol–water partition coefficient (Wildman–Crippen LogP) is 2.93. The average Bonchev–Trinajstić information content (AvgIpc) is 3.16. The number of benzene rings is 2. The maximum Gasteiger partial charge on any atom is 0.244 e. The number of hydrogen-bond acceptors (Lipinski definition) is 5. The van der Waals surface area contributed by atoms with Crippen LogP contribution in [0, 0.1) is 6.92 Å². The van der Waals surface area contributed by atoms with Gasteiger partial charge in [0.05, 0.1) is 5.75 Å².